The first kappa shape index (κ1) is 13.1. The van der Waals surface area contributed by atoms with E-state index in [4.69, 9.17) is 4.99 Å². The minimum Gasteiger partial charge on any atom is -0.291 e. The monoisotopic (exact) mass is 294 g/mol. The van der Waals surface area contributed by atoms with Crippen LogP contribution in [-0.2, 0) is 6.42 Å². The van der Waals surface area contributed by atoms with Crippen molar-refractivity contribution in [2.75, 3.05) is 0 Å². The summed E-state index contributed by atoms with van der Waals surface area (Å²) in [6, 6.07) is 5.16. The lowest BCUT2D eigenvalue weighted by molar-refractivity contribution is 0.492. The normalized spacial score (nSPS) is 16.4. The van der Waals surface area contributed by atoms with Crippen molar-refractivity contribution in [2.24, 2.45) is 4.99 Å². The molecule has 3 aromatic rings. The summed E-state index contributed by atoms with van der Waals surface area (Å²) in [5.41, 5.74) is 2.89. The molecule has 4 rings (SSSR count). The van der Waals surface area contributed by atoms with E-state index in [2.05, 4.69) is 9.97 Å². The summed E-state index contributed by atoms with van der Waals surface area (Å²) in [6.45, 7) is 4.04. The third kappa shape index (κ3) is 2.01. The van der Waals surface area contributed by atoms with Gasteiger partial charge < -0.3 is 0 Å². The highest BCUT2D eigenvalue weighted by molar-refractivity contribution is 6.14. The van der Waals surface area contributed by atoms with E-state index >= 15 is 0 Å². The molecule has 5 heteroatoms. The molecule has 0 bridgehead atoms. The number of aliphatic imine (C=N–C) groups is 1. The van der Waals surface area contributed by atoms with Crippen LogP contribution in [0.15, 0.2) is 48.0 Å². The Bertz CT molecular complexity index is 908. The smallest absolute Gasteiger partial charge is 0.233 e. The van der Waals surface area contributed by atoms with E-state index in [-0.39, 0.29) is 11.4 Å². The average molecular weight is 294 g/mol. The Morgan fingerprint density at radius 2 is 2.09 bits per heavy atom. The summed E-state index contributed by atoms with van der Waals surface area (Å²) in [5.74, 6) is 0.466. The lowest BCUT2D eigenvalue weighted by Crippen LogP contribution is -2.30. The molecule has 0 fully saturated rings. The molecule has 0 N–H and O–H groups in total. The number of benzene rings is 1. The molecule has 1 aliphatic heterocycles. The van der Waals surface area contributed by atoms with E-state index in [0.717, 1.165) is 22.4 Å². The molecule has 0 saturated heterocycles. The predicted molar refractivity (Wildman–Crippen MR) is 82.8 cm³/mol. The largest absolute Gasteiger partial charge is 0.291 e. The molecule has 0 amide bonds. The second-order valence-corrected chi connectivity index (χ2v) is 6.19. The van der Waals surface area contributed by atoms with Crippen molar-refractivity contribution in [3.63, 3.8) is 0 Å². The third-order valence-corrected chi connectivity index (χ3v) is 3.92. The Kier molecular flexibility index (Phi) is 2.66. The van der Waals surface area contributed by atoms with Gasteiger partial charge in [0.1, 0.15) is 5.82 Å². The van der Waals surface area contributed by atoms with Gasteiger partial charge in [-0.25, -0.2) is 14.4 Å². The van der Waals surface area contributed by atoms with Crippen LogP contribution in [0.3, 0.4) is 0 Å². The van der Waals surface area contributed by atoms with Crippen molar-refractivity contribution in [3.8, 4) is 0 Å². The van der Waals surface area contributed by atoms with Crippen molar-refractivity contribution in [2.45, 2.75) is 25.8 Å². The molecule has 0 saturated carbocycles. The van der Waals surface area contributed by atoms with Crippen LogP contribution in [0.2, 0.25) is 0 Å². The predicted octanol–water partition coefficient (Wildman–Crippen LogP) is 3.04. The van der Waals surface area contributed by atoms with E-state index in [9.17, 15) is 4.39 Å². The lowest BCUT2D eigenvalue weighted by atomic mass is 9.85. The van der Waals surface area contributed by atoms with Crippen molar-refractivity contribution in [1.29, 1.82) is 0 Å². The highest BCUT2D eigenvalue weighted by Gasteiger charge is 2.29. The number of rotatable bonds is 1. The molecule has 0 aliphatic carbocycles. The maximum Gasteiger partial charge on any atom is 0.233 e. The first-order chi connectivity index (χ1) is 10.5. The van der Waals surface area contributed by atoms with E-state index in [0.29, 0.717) is 12.2 Å². The Morgan fingerprint density at radius 3 is 2.95 bits per heavy atom. The molecule has 110 valence electrons. The fraction of sp³-hybridized carbons (Fsp3) is 0.235. The number of hydrogen-bond donors (Lipinski definition) is 0. The van der Waals surface area contributed by atoms with Crippen LogP contribution in [0.1, 0.15) is 30.5 Å². The topological polar surface area (TPSA) is 42.5 Å². The molecule has 1 aromatic carbocycles. The van der Waals surface area contributed by atoms with Crippen LogP contribution >= 0.6 is 0 Å². The van der Waals surface area contributed by atoms with Crippen molar-refractivity contribution in [3.05, 3.63) is 65.5 Å². The standard InChI is InChI=1S/C17H15FN4/c1-17(2)8-13-12(4-3-5-14(13)18)15(21-17)11-9-20-16-19-6-7-22(16)10-11/h3-7,9-10H,8H2,1-2H3. The summed E-state index contributed by atoms with van der Waals surface area (Å²) in [4.78, 5) is 13.3. The number of nitrogens with zero attached hydrogens (tertiary/aromatic N) is 4. The van der Waals surface area contributed by atoms with Gasteiger partial charge in [0.2, 0.25) is 5.78 Å². The van der Waals surface area contributed by atoms with E-state index in [1.807, 2.05) is 36.7 Å². The van der Waals surface area contributed by atoms with Crippen LogP contribution in [0.25, 0.3) is 5.78 Å². The van der Waals surface area contributed by atoms with Gasteiger partial charge in [-0.15, -0.1) is 0 Å². The Hall–Kier alpha value is -2.56. The minimum atomic E-state index is -0.339. The number of hydrogen-bond acceptors (Lipinski definition) is 3. The maximum absolute atomic E-state index is 14.2. The van der Waals surface area contributed by atoms with E-state index < -0.39 is 0 Å². The Balaban J connectivity index is 1.96. The van der Waals surface area contributed by atoms with Crippen LogP contribution in [0, 0.1) is 5.82 Å². The van der Waals surface area contributed by atoms with Gasteiger partial charge in [-0.05, 0) is 25.5 Å². The van der Waals surface area contributed by atoms with Crippen molar-refractivity contribution in [1.82, 2.24) is 14.4 Å². The van der Waals surface area contributed by atoms with Gasteiger partial charge in [-0.2, -0.15) is 0 Å². The third-order valence-electron chi connectivity index (χ3n) is 3.92. The summed E-state index contributed by atoms with van der Waals surface area (Å²) in [7, 11) is 0. The van der Waals surface area contributed by atoms with Gasteiger partial charge in [-0.1, -0.05) is 12.1 Å². The van der Waals surface area contributed by atoms with Crippen LogP contribution < -0.4 is 0 Å². The van der Waals surface area contributed by atoms with Gasteiger partial charge in [0, 0.05) is 42.3 Å². The molecule has 2 aromatic heterocycles. The quantitative estimate of drug-likeness (QED) is 0.692. The minimum absolute atomic E-state index is 0.172. The second-order valence-electron chi connectivity index (χ2n) is 6.19. The zero-order valence-corrected chi connectivity index (χ0v) is 12.4. The van der Waals surface area contributed by atoms with Gasteiger partial charge in [-0.3, -0.25) is 9.39 Å². The second kappa shape index (κ2) is 4.47. The Morgan fingerprint density at radius 1 is 1.23 bits per heavy atom. The SMILES string of the molecule is CC1(C)Cc2c(F)cccc2C(c2cnc3nccn3c2)=N1. The summed E-state index contributed by atoms with van der Waals surface area (Å²) >= 11 is 0. The molecule has 0 radical (unpaired) electrons. The van der Waals surface area contributed by atoms with Gasteiger partial charge in [0.25, 0.3) is 0 Å². The molecule has 3 heterocycles. The molecule has 22 heavy (non-hydrogen) atoms. The summed E-state index contributed by atoms with van der Waals surface area (Å²) in [6.07, 6.45) is 7.82. The van der Waals surface area contributed by atoms with Crippen molar-refractivity contribution < 1.29 is 4.39 Å². The molecule has 0 atom stereocenters. The zero-order chi connectivity index (χ0) is 15.3. The van der Waals surface area contributed by atoms with E-state index in [1.54, 1.807) is 18.5 Å². The average Bonchev–Trinajstić information content (AvgIpc) is 2.94. The number of aromatic nitrogens is 3. The van der Waals surface area contributed by atoms with Crippen LogP contribution in [0.5, 0.6) is 0 Å². The Labute approximate surface area is 127 Å². The maximum atomic E-state index is 14.2. The zero-order valence-electron chi connectivity index (χ0n) is 12.4. The molecular formula is C17H15FN4. The molecule has 4 nitrogen and oxygen atoms in total. The van der Waals surface area contributed by atoms with Crippen LogP contribution in [0.4, 0.5) is 4.39 Å². The molecule has 0 spiro atoms. The number of halogens is 1. The lowest BCUT2D eigenvalue weighted by Gasteiger charge is -2.29. The summed E-state index contributed by atoms with van der Waals surface area (Å²) in [5, 5.41) is 0. The highest BCUT2D eigenvalue weighted by atomic mass is 19.1. The van der Waals surface area contributed by atoms with Crippen molar-refractivity contribution >= 4 is 11.5 Å². The van der Waals surface area contributed by atoms with E-state index in [1.165, 1.54) is 6.07 Å². The van der Waals surface area contributed by atoms with Gasteiger partial charge >= 0.3 is 0 Å². The van der Waals surface area contributed by atoms with Gasteiger partial charge in [0.15, 0.2) is 0 Å². The fourth-order valence-electron chi connectivity index (χ4n) is 2.95. The molecule has 1 aliphatic rings. The summed E-state index contributed by atoms with van der Waals surface area (Å²) < 4.78 is 16.1. The fourth-order valence-corrected chi connectivity index (χ4v) is 2.95. The van der Waals surface area contributed by atoms with Crippen LogP contribution in [-0.4, -0.2) is 25.6 Å². The first-order valence-corrected chi connectivity index (χ1v) is 7.20. The molecule has 0 unspecified atom stereocenters. The molecular weight excluding hydrogens is 279 g/mol. The number of imidazole rings is 1. The highest BCUT2D eigenvalue weighted by Crippen LogP contribution is 2.30. The van der Waals surface area contributed by atoms with Gasteiger partial charge in [0.05, 0.1) is 11.3 Å². The first-order valence-electron chi connectivity index (χ1n) is 7.20. The number of fused-ring (bicyclic) bond motifs is 2.